The summed E-state index contributed by atoms with van der Waals surface area (Å²) in [4.78, 5) is 14.0. The van der Waals surface area contributed by atoms with Gasteiger partial charge in [-0.25, -0.2) is 0 Å². The van der Waals surface area contributed by atoms with E-state index in [4.69, 9.17) is 11.6 Å². The third-order valence-electron chi connectivity index (χ3n) is 3.62. The molecule has 0 aromatic heterocycles. The van der Waals surface area contributed by atoms with Crippen LogP contribution in [0.25, 0.3) is 0 Å². The summed E-state index contributed by atoms with van der Waals surface area (Å²) in [6.07, 6.45) is 4.49. The first kappa shape index (κ1) is 10.3. The predicted octanol–water partition coefficient (Wildman–Crippen LogP) is 2.26. The second-order valence-electron chi connectivity index (χ2n) is 4.68. The highest BCUT2D eigenvalue weighted by molar-refractivity contribution is 6.21. The SMILES string of the molecule is CC1CCCC1C(=O)N1CCC(Cl)C1. The number of carbonyl (C=O) groups excluding carboxylic acids is 1. The van der Waals surface area contributed by atoms with Crippen molar-refractivity contribution in [2.45, 2.75) is 38.0 Å². The molecule has 0 bridgehead atoms. The van der Waals surface area contributed by atoms with Gasteiger partial charge in [0.15, 0.2) is 0 Å². The van der Waals surface area contributed by atoms with E-state index in [9.17, 15) is 4.79 Å². The molecule has 0 aromatic carbocycles. The largest absolute Gasteiger partial charge is 0.341 e. The molecule has 1 saturated heterocycles. The molecule has 1 amide bonds. The average molecular weight is 216 g/mol. The van der Waals surface area contributed by atoms with Crippen LogP contribution < -0.4 is 0 Å². The van der Waals surface area contributed by atoms with Crippen LogP contribution in [0.3, 0.4) is 0 Å². The van der Waals surface area contributed by atoms with Gasteiger partial charge in [-0.3, -0.25) is 4.79 Å². The van der Waals surface area contributed by atoms with Gasteiger partial charge in [0.05, 0.1) is 5.38 Å². The van der Waals surface area contributed by atoms with E-state index in [0.717, 1.165) is 25.9 Å². The van der Waals surface area contributed by atoms with Gasteiger partial charge in [-0.1, -0.05) is 13.3 Å². The van der Waals surface area contributed by atoms with E-state index in [0.29, 0.717) is 11.8 Å². The number of rotatable bonds is 1. The fourth-order valence-electron chi connectivity index (χ4n) is 2.66. The first-order valence-corrected chi connectivity index (χ1v) is 6.05. The van der Waals surface area contributed by atoms with Crippen LogP contribution in [0.5, 0.6) is 0 Å². The highest BCUT2D eigenvalue weighted by atomic mass is 35.5. The minimum Gasteiger partial charge on any atom is -0.341 e. The van der Waals surface area contributed by atoms with Gasteiger partial charge in [-0.15, -0.1) is 11.6 Å². The molecule has 2 fully saturated rings. The lowest BCUT2D eigenvalue weighted by Crippen LogP contribution is -2.35. The molecule has 3 unspecified atom stereocenters. The van der Waals surface area contributed by atoms with Crippen LogP contribution in [-0.4, -0.2) is 29.3 Å². The first-order chi connectivity index (χ1) is 6.68. The molecule has 1 saturated carbocycles. The number of hydrogen-bond donors (Lipinski definition) is 0. The molecule has 1 aliphatic heterocycles. The standard InChI is InChI=1S/C11H18ClNO/c1-8-3-2-4-10(8)11(14)13-6-5-9(12)7-13/h8-10H,2-7H2,1H3. The molecule has 2 aliphatic rings. The topological polar surface area (TPSA) is 20.3 Å². The van der Waals surface area contributed by atoms with Crippen molar-refractivity contribution in [3.63, 3.8) is 0 Å². The van der Waals surface area contributed by atoms with Crippen LogP contribution in [-0.2, 0) is 4.79 Å². The molecule has 80 valence electrons. The van der Waals surface area contributed by atoms with Crippen LogP contribution in [0.2, 0.25) is 0 Å². The maximum absolute atomic E-state index is 12.1. The van der Waals surface area contributed by atoms with Crippen molar-refractivity contribution in [3.8, 4) is 0 Å². The van der Waals surface area contributed by atoms with Crippen LogP contribution in [0.15, 0.2) is 0 Å². The summed E-state index contributed by atoms with van der Waals surface area (Å²) in [5.41, 5.74) is 0. The van der Waals surface area contributed by atoms with Crippen LogP contribution in [0, 0.1) is 11.8 Å². The van der Waals surface area contributed by atoms with Crippen LogP contribution in [0.1, 0.15) is 32.6 Å². The highest BCUT2D eigenvalue weighted by Gasteiger charge is 2.35. The smallest absolute Gasteiger partial charge is 0.225 e. The van der Waals surface area contributed by atoms with E-state index in [1.54, 1.807) is 0 Å². The van der Waals surface area contributed by atoms with Gasteiger partial charge in [0.25, 0.3) is 0 Å². The molecule has 14 heavy (non-hydrogen) atoms. The minimum absolute atomic E-state index is 0.190. The molecule has 3 heteroatoms. The van der Waals surface area contributed by atoms with E-state index in [-0.39, 0.29) is 11.3 Å². The molecule has 0 spiro atoms. The normalized spacial score (nSPS) is 37.9. The van der Waals surface area contributed by atoms with Crippen molar-refractivity contribution >= 4 is 17.5 Å². The van der Waals surface area contributed by atoms with Gasteiger partial charge < -0.3 is 4.90 Å². The van der Waals surface area contributed by atoms with Crippen LogP contribution in [0.4, 0.5) is 0 Å². The van der Waals surface area contributed by atoms with E-state index < -0.39 is 0 Å². The summed E-state index contributed by atoms with van der Waals surface area (Å²) < 4.78 is 0. The molecule has 0 aromatic rings. The molecular formula is C11H18ClNO. The highest BCUT2D eigenvalue weighted by Crippen LogP contribution is 2.33. The lowest BCUT2D eigenvalue weighted by Gasteiger charge is -2.22. The zero-order chi connectivity index (χ0) is 10.1. The summed E-state index contributed by atoms with van der Waals surface area (Å²) in [6.45, 7) is 3.84. The summed E-state index contributed by atoms with van der Waals surface area (Å²) in [6, 6.07) is 0. The number of amides is 1. The Bertz CT molecular complexity index is 231. The molecule has 3 atom stereocenters. The minimum atomic E-state index is 0.190. The third-order valence-corrected chi connectivity index (χ3v) is 3.98. The quantitative estimate of drug-likeness (QED) is 0.615. The molecule has 2 nitrogen and oxygen atoms in total. The van der Waals surface area contributed by atoms with Gasteiger partial charge >= 0.3 is 0 Å². The summed E-state index contributed by atoms with van der Waals surface area (Å²) in [7, 11) is 0. The van der Waals surface area contributed by atoms with Crippen molar-refractivity contribution in [2.75, 3.05) is 13.1 Å². The predicted molar refractivity (Wildman–Crippen MR) is 57.3 cm³/mol. The number of likely N-dealkylation sites (tertiary alicyclic amines) is 1. The Morgan fingerprint density at radius 3 is 2.64 bits per heavy atom. The number of halogens is 1. The number of nitrogens with zero attached hydrogens (tertiary/aromatic N) is 1. The molecular weight excluding hydrogens is 198 g/mol. The second-order valence-corrected chi connectivity index (χ2v) is 5.30. The fourth-order valence-corrected chi connectivity index (χ4v) is 2.93. The first-order valence-electron chi connectivity index (χ1n) is 5.61. The average Bonchev–Trinajstić information content (AvgIpc) is 2.73. The fraction of sp³-hybridized carbons (Fsp3) is 0.909. The van der Waals surface area contributed by atoms with Gasteiger partial charge in [0.2, 0.25) is 5.91 Å². The lowest BCUT2D eigenvalue weighted by atomic mass is 9.97. The molecule has 1 heterocycles. The number of hydrogen-bond acceptors (Lipinski definition) is 1. The molecule has 0 radical (unpaired) electrons. The van der Waals surface area contributed by atoms with Crippen LogP contribution >= 0.6 is 11.6 Å². The van der Waals surface area contributed by atoms with E-state index in [1.165, 1.54) is 12.8 Å². The zero-order valence-corrected chi connectivity index (χ0v) is 9.46. The summed E-state index contributed by atoms with van der Waals surface area (Å²) in [5.74, 6) is 1.23. The van der Waals surface area contributed by atoms with Crippen molar-refractivity contribution < 1.29 is 4.79 Å². The maximum atomic E-state index is 12.1. The van der Waals surface area contributed by atoms with Crippen molar-refractivity contribution in [1.82, 2.24) is 4.90 Å². The van der Waals surface area contributed by atoms with Gasteiger partial charge in [0.1, 0.15) is 0 Å². The Kier molecular flexibility index (Phi) is 3.01. The number of alkyl halides is 1. The van der Waals surface area contributed by atoms with E-state index in [1.807, 2.05) is 4.90 Å². The Hall–Kier alpha value is -0.240. The Morgan fingerprint density at radius 1 is 1.36 bits per heavy atom. The van der Waals surface area contributed by atoms with Gasteiger partial charge in [0, 0.05) is 19.0 Å². The summed E-state index contributed by atoms with van der Waals surface area (Å²) in [5, 5.41) is 0.190. The molecule has 2 rings (SSSR count). The molecule has 0 N–H and O–H groups in total. The summed E-state index contributed by atoms with van der Waals surface area (Å²) >= 11 is 6.00. The van der Waals surface area contributed by atoms with Gasteiger partial charge in [-0.05, 0) is 25.2 Å². The van der Waals surface area contributed by atoms with Crippen molar-refractivity contribution in [1.29, 1.82) is 0 Å². The number of carbonyl (C=O) groups is 1. The Balaban J connectivity index is 1.94. The third kappa shape index (κ3) is 1.90. The Morgan fingerprint density at radius 2 is 2.14 bits per heavy atom. The maximum Gasteiger partial charge on any atom is 0.225 e. The monoisotopic (exact) mass is 215 g/mol. The lowest BCUT2D eigenvalue weighted by molar-refractivity contribution is -0.135. The Labute approximate surface area is 90.6 Å². The molecule has 1 aliphatic carbocycles. The van der Waals surface area contributed by atoms with E-state index in [2.05, 4.69) is 6.92 Å². The van der Waals surface area contributed by atoms with Crippen molar-refractivity contribution in [3.05, 3.63) is 0 Å². The van der Waals surface area contributed by atoms with Gasteiger partial charge in [-0.2, -0.15) is 0 Å². The van der Waals surface area contributed by atoms with Crippen molar-refractivity contribution in [2.24, 2.45) is 11.8 Å². The van der Waals surface area contributed by atoms with E-state index >= 15 is 0 Å². The second kappa shape index (κ2) is 4.09. The zero-order valence-electron chi connectivity index (χ0n) is 8.71.